The number of amides is 1. The Labute approximate surface area is 192 Å². The molecule has 1 atom stereocenters. The van der Waals surface area contributed by atoms with E-state index in [2.05, 4.69) is 20.3 Å². The van der Waals surface area contributed by atoms with Gasteiger partial charge in [0.1, 0.15) is 11.5 Å². The van der Waals surface area contributed by atoms with Crippen molar-refractivity contribution >= 4 is 18.1 Å². The van der Waals surface area contributed by atoms with Crippen molar-refractivity contribution in [3.63, 3.8) is 0 Å². The molecule has 0 aliphatic heterocycles. The molecule has 0 aliphatic rings. The molecule has 1 heterocycles. The highest BCUT2D eigenvalue weighted by atomic mass is 32.1. The van der Waals surface area contributed by atoms with E-state index in [1.165, 1.54) is 12.1 Å². The first kappa shape index (κ1) is 24.3. The van der Waals surface area contributed by atoms with Crippen LogP contribution in [0.15, 0.2) is 48.5 Å². The summed E-state index contributed by atoms with van der Waals surface area (Å²) in [6.07, 6.45) is -5.82. The van der Waals surface area contributed by atoms with E-state index in [1.807, 2.05) is 12.1 Å². The Morgan fingerprint density at radius 3 is 2.42 bits per heavy atom. The van der Waals surface area contributed by atoms with E-state index in [0.29, 0.717) is 21.9 Å². The van der Waals surface area contributed by atoms with E-state index < -0.39 is 18.2 Å². The van der Waals surface area contributed by atoms with E-state index >= 15 is 0 Å². The van der Waals surface area contributed by atoms with Crippen molar-refractivity contribution in [2.45, 2.75) is 25.4 Å². The number of hydrogen-bond acceptors (Lipinski definition) is 6. The Bertz CT molecular complexity index is 1130. The monoisotopic (exact) mass is 482 g/mol. The van der Waals surface area contributed by atoms with Gasteiger partial charge in [-0.2, -0.15) is 5.10 Å². The minimum absolute atomic E-state index is 0.0715. The highest BCUT2D eigenvalue weighted by Crippen LogP contribution is 2.24. The maximum absolute atomic E-state index is 12.3. The molecule has 33 heavy (non-hydrogen) atoms. The maximum Gasteiger partial charge on any atom is 0.573 e. The summed E-state index contributed by atoms with van der Waals surface area (Å²) in [6, 6.07) is 12.0. The highest BCUT2D eigenvalue weighted by Gasteiger charge is 2.31. The van der Waals surface area contributed by atoms with Crippen LogP contribution in [0.1, 0.15) is 18.1 Å². The summed E-state index contributed by atoms with van der Waals surface area (Å²) in [7, 11) is 1.57. The number of methoxy groups -OCH3 is 1. The number of aliphatic hydroxyl groups is 1. The molecule has 0 aliphatic carbocycles. The lowest BCUT2D eigenvalue weighted by Crippen LogP contribution is -2.29. The zero-order valence-corrected chi connectivity index (χ0v) is 18.2. The van der Waals surface area contributed by atoms with Crippen LogP contribution < -0.4 is 14.8 Å². The number of alkyl halides is 3. The molecule has 0 saturated heterocycles. The van der Waals surface area contributed by atoms with Crippen LogP contribution in [0.2, 0.25) is 0 Å². The molecule has 0 bridgehead atoms. The summed E-state index contributed by atoms with van der Waals surface area (Å²) < 4.78 is 47.6. The third-order valence-electron chi connectivity index (χ3n) is 4.66. The van der Waals surface area contributed by atoms with E-state index in [4.69, 9.17) is 17.0 Å². The molecule has 3 aromatic rings. The molecule has 8 nitrogen and oxygen atoms in total. The van der Waals surface area contributed by atoms with Gasteiger partial charge in [0.25, 0.3) is 0 Å². The van der Waals surface area contributed by atoms with Crippen molar-refractivity contribution in [1.82, 2.24) is 20.1 Å². The van der Waals surface area contributed by atoms with E-state index in [9.17, 15) is 23.1 Å². The Morgan fingerprint density at radius 2 is 1.82 bits per heavy atom. The number of nitrogens with one attached hydrogen (secondary N) is 2. The van der Waals surface area contributed by atoms with Gasteiger partial charge in [-0.05, 0) is 54.2 Å². The number of H-pyrrole nitrogens is 1. The number of aromatic amines is 1. The van der Waals surface area contributed by atoms with Gasteiger partial charge >= 0.3 is 6.36 Å². The van der Waals surface area contributed by atoms with Gasteiger partial charge < -0.3 is 19.9 Å². The van der Waals surface area contributed by atoms with Crippen molar-refractivity contribution < 1.29 is 32.5 Å². The molecule has 0 fully saturated rings. The Kier molecular flexibility index (Phi) is 7.71. The number of hydrogen-bond donors (Lipinski definition) is 3. The third-order valence-corrected chi connectivity index (χ3v) is 4.97. The minimum Gasteiger partial charge on any atom is -0.497 e. The van der Waals surface area contributed by atoms with Gasteiger partial charge in [0, 0.05) is 25.1 Å². The topological polar surface area (TPSA) is 101 Å². The second kappa shape index (κ2) is 10.5. The van der Waals surface area contributed by atoms with Crippen LogP contribution in [0.5, 0.6) is 11.5 Å². The number of carbonyl (C=O) groups excluding carboxylic acids is 1. The quantitative estimate of drug-likeness (QED) is 0.402. The van der Waals surface area contributed by atoms with Crippen molar-refractivity contribution in [3.8, 4) is 22.9 Å². The third kappa shape index (κ3) is 6.80. The molecule has 1 unspecified atom stereocenters. The lowest BCUT2D eigenvalue weighted by Gasteiger charge is -2.14. The van der Waals surface area contributed by atoms with Crippen molar-refractivity contribution in [3.05, 3.63) is 58.9 Å². The Morgan fingerprint density at radius 1 is 1.18 bits per heavy atom. The second-order valence-electron chi connectivity index (χ2n) is 6.92. The summed E-state index contributed by atoms with van der Waals surface area (Å²) in [5.74, 6) is 0.526. The van der Waals surface area contributed by atoms with Crippen LogP contribution in [0.25, 0.3) is 11.4 Å². The molecule has 3 N–H and O–H groups in total. The number of rotatable bonds is 9. The SMILES string of the molecule is COc1ccc(-c2n[nH]c(=S)n2CCC(=O)NCC(O)c2ccc(OC(F)(F)F)cc2)cc1. The molecular formula is C21H21F3N4O4S. The number of aromatic nitrogens is 3. The van der Waals surface area contributed by atoms with E-state index in [1.54, 1.807) is 23.8 Å². The van der Waals surface area contributed by atoms with Crippen molar-refractivity contribution in [2.75, 3.05) is 13.7 Å². The summed E-state index contributed by atoms with van der Waals surface area (Å²) >= 11 is 5.25. The molecule has 1 amide bonds. The van der Waals surface area contributed by atoms with Gasteiger partial charge in [-0.3, -0.25) is 14.5 Å². The van der Waals surface area contributed by atoms with Crippen LogP contribution in [-0.4, -0.2) is 45.8 Å². The van der Waals surface area contributed by atoms with E-state index in [0.717, 1.165) is 17.7 Å². The van der Waals surface area contributed by atoms with Gasteiger partial charge in [-0.25, -0.2) is 0 Å². The fourth-order valence-corrected chi connectivity index (χ4v) is 3.23. The average Bonchev–Trinajstić information content (AvgIpc) is 3.15. The fourth-order valence-electron chi connectivity index (χ4n) is 3.01. The average molecular weight is 482 g/mol. The van der Waals surface area contributed by atoms with Crippen molar-refractivity contribution in [1.29, 1.82) is 0 Å². The number of carbonyl (C=O) groups is 1. The van der Waals surface area contributed by atoms with Crippen molar-refractivity contribution in [2.24, 2.45) is 0 Å². The smallest absolute Gasteiger partial charge is 0.497 e. The summed E-state index contributed by atoms with van der Waals surface area (Å²) in [4.78, 5) is 12.3. The number of nitrogens with zero attached hydrogens (tertiary/aromatic N) is 2. The molecular weight excluding hydrogens is 461 g/mol. The number of ether oxygens (including phenoxy) is 2. The van der Waals surface area contributed by atoms with Crippen LogP contribution in [0.4, 0.5) is 13.2 Å². The summed E-state index contributed by atoms with van der Waals surface area (Å²) in [6.45, 7) is 0.141. The van der Waals surface area contributed by atoms with Crippen LogP contribution in [-0.2, 0) is 11.3 Å². The second-order valence-corrected chi connectivity index (χ2v) is 7.31. The predicted molar refractivity (Wildman–Crippen MR) is 115 cm³/mol. The molecule has 2 aromatic carbocycles. The molecule has 0 saturated carbocycles. The minimum atomic E-state index is -4.79. The van der Waals surface area contributed by atoms with Gasteiger partial charge in [0.2, 0.25) is 5.91 Å². The van der Waals surface area contributed by atoms with Gasteiger partial charge in [0.05, 0.1) is 13.2 Å². The molecule has 176 valence electrons. The largest absolute Gasteiger partial charge is 0.573 e. The molecule has 1 aromatic heterocycles. The molecule has 0 spiro atoms. The van der Waals surface area contributed by atoms with Gasteiger partial charge in [0.15, 0.2) is 10.6 Å². The highest BCUT2D eigenvalue weighted by molar-refractivity contribution is 7.71. The van der Waals surface area contributed by atoms with E-state index in [-0.39, 0.29) is 25.4 Å². The van der Waals surface area contributed by atoms with Crippen LogP contribution >= 0.6 is 12.2 Å². The normalized spacial score (nSPS) is 12.3. The number of aliphatic hydroxyl groups excluding tert-OH is 1. The first-order valence-electron chi connectivity index (χ1n) is 9.76. The summed E-state index contributed by atoms with van der Waals surface area (Å²) in [5.41, 5.74) is 1.13. The molecule has 12 heteroatoms. The van der Waals surface area contributed by atoms with Crippen LogP contribution in [0.3, 0.4) is 0 Å². The Balaban J connectivity index is 1.53. The fraction of sp³-hybridized carbons (Fsp3) is 0.286. The zero-order valence-electron chi connectivity index (χ0n) is 17.4. The number of benzene rings is 2. The zero-order chi connectivity index (χ0) is 24.0. The maximum atomic E-state index is 12.3. The van der Waals surface area contributed by atoms with Gasteiger partial charge in [-0.15, -0.1) is 13.2 Å². The standard InChI is InChI=1S/C21H21F3N4O4S/c1-31-15-6-4-14(5-7-15)19-26-27-20(33)28(19)11-10-18(30)25-12-17(29)13-2-8-16(9-3-13)32-21(22,23)24/h2-9,17,29H,10-12H2,1H3,(H,25,30)(H,27,33). The van der Waals surface area contributed by atoms with Crippen LogP contribution in [0, 0.1) is 4.77 Å². The first-order chi connectivity index (χ1) is 15.7. The molecule has 0 radical (unpaired) electrons. The lowest BCUT2D eigenvalue weighted by molar-refractivity contribution is -0.274. The lowest BCUT2D eigenvalue weighted by atomic mass is 10.1. The van der Waals surface area contributed by atoms with Gasteiger partial charge in [-0.1, -0.05) is 12.1 Å². The molecule has 3 rings (SSSR count). The first-order valence-corrected chi connectivity index (χ1v) is 10.2. The Hall–Kier alpha value is -3.38. The summed E-state index contributed by atoms with van der Waals surface area (Å²) in [5, 5.41) is 19.7. The number of halogens is 3. The predicted octanol–water partition coefficient (Wildman–Crippen LogP) is 3.75.